The summed E-state index contributed by atoms with van der Waals surface area (Å²) in [5.74, 6) is -0.537. The van der Waals surface area contributed by atoms with E-state index in [2.05, 4.69) is 9.97 Å². The van der Waals surface area contributed by atoms with Gasteiger partial charge < -0.3 is 0 Å². The second-order valence-corrected chi connectivity index (χ2v) is 2.53. The van der Waals surface area contributed by atoms with Crippen LogP contribution in [0.25, 0.3) is 10.9 Å². The highest BCUT2D eigenvalue weighted by molar-refractivity contribution is 5.78. The molecule has 4 heteroatoms. The Balaban J connectivity index is 2.83. The molecule has 1 heterocycles. The summed E-state index contributed by atoms with van der Waals surface area (Å²) in [6, 6.07) is 4.42. The van der Waals surface area contributed by atoms with Crippen LogP contribution in [0.2, 0.25) is 0 Å². The molecule has 0 bridgehead atoms. The molecule has 0 fully saturated rings. The Labute approximate surface area is 73.5 Å². The first-order valence-corrected chi connectivity index (χ1v) is 3.60. The summed E-state index contributed by atoms with van der Waals surface area (Å²) in [4.78, 5) is 7.65. The molecule has 0 amide bonds. The van der Waals surface area contributed by atoms with Crippen LogP contribution in [0.4, 0.5) is 4.39 Å². The van der Waals surface area contributed by atoms with Gasteiger partial charge in [-0.05, 0) is 12.1 Å². The van der Waals surface area contributed by atoms with Crippen LogP contribution in [0.3, 0.4) is 0 Å². The van der Waals surface area contributed by atoms with Crippen LogP contribution in [-0.2, 0) is 0 Å². The van der Waals surface area contributed by atoms with Gasteiger partial charge >= 0.3 is 0 Å². The van der Waals surface area contributed by atoms with E-state index < -0.39 is 5.82 Å². The van der Waals surface area contributed by atoms with Gasteiger partial charge in [0.25, 0.3) is 0 Å². The van der Waals surface area contributed by atoms with Gasteiger partial charge in [-0.1, -0.05) is 0 Å². The third kappa shape index (κ3) is 1.20. The second kappa shape index (κ2) is 2.79. The molecule has 0 N–H and O–H groups in total. The second-order valence-electron chi connectivity index (χ2n) is 2.53. The van der Waals surface area contributed by atoms with Gasteiger partial charge in [0.15, 0.2) is 0 Å². The lowest BCUT2D eigenvalue weighted by atomic mass is 10.1. The maximum absolute atomic E-state index is 13.0. The van der Waals surface area contributed by atoms with Gasteiger partial charge in [-0.15, -0.1) is 0 Å². The predicted octanol–water partition coefficient (Wildman–Crippen LogP) is 1.64. The molecule has 0 spiro atoms. The maximum Gasteiger partial charge on any atom is 0.141 e. The normalized spacial score (nSPS) is 9.85. The Kier molecular flexibility index (Phi) is 1.64. The van der Waals surface area contributed by atoms with Gasteiger partial charge in [0.05, 0.1) is 11.1 Å². The van der Waals surface area contributed by atoms with Crippen LogP contribution in [0.5, 0.6) is 0 Å². The first kappa shape index (κ1) is 7.62. The number of benzene rings is 1. The largest absolute Gasteiger partial charge is 0.244 e. The Hall–Kier alpha value is -2.02. The molecule has 3 nitrogen and oxygen atoms in total. The highest BCUT2D eigenvalue weighted by atomic mass is 19.1. The van der Waals surface area contributed by atoms with Crippen LogP contribution in [0.15, 0.2) is 24.7 Å². The van der Waals surface area contributed by atoms with Crippen molar-refractivity contribution in [2.24, 2.45) is 0 Å². The van der Waals surface area contributed by atoms with Crippen molar-refractivity contribution in [2.45, 2.75) is 0 Å². The van der Waals surface area contributed by atoms with Gasteiger partial charge in [0.1, 0.15) is 18.2 Å². The molecular weight excluding hydrogens is 169 g/mol. The van der Waals surface area contributed by atoms with E-state index in [4.69, 9.17) is 5.26 Å². The molecule has 0 atom stereocenters. The number of halogens is 1. The summed E-state index contributed by atoms with van der Waals surface area (Å²) in [5.41, 5.74) is 0.583. The van der Waals surface area contributed by atoms with Crippen LogP contribution < -0.4 is 0 Å². The SMILES string of the molecule is N#Cc1cc2ncncc2cc1F. The smallest absolute Gasteiger partial charge is 0.141 e. The molecule has 0 radical (unpaired) electrons. The molecule has 1 aromatic carbocycles. The van der Waals surface area contributed by atoms with Crippen LogP contribution in [0, 0.1) is 17.1 Å². The molecule has 62 valence electrons. The summed E-state index contributed by atoms with van der Waals surface area (Å²) in [5, 5.41) is 9.14. The zero-order valence-corrected chi connectivity index (χ0v) is 6.53. The van der Waals surface area contributed by atoms with E-state index in [0.717, 1.165) is 0 Å². The van der Waals surface area contributed by atoms with Crippen molar-refractivity contribution in [3.8, 4) is 6.07 Å². The van der Waals surface area contributed by atoms with E-state index in [0.29, 0.717) is 10.9 Å². The fourth-order valence-corrected chi connectivity index (χ4v) is 1.09. The van der Waals surface area contributed by atoms with E-state index in [1.807, 2.05) is 0 Å². The van der Waals surface area contributed by atoms with Gasteiger partial charge in [-0.3, -0.25) is 0 Å². The first-order chi connectivity index (χ1) is 6.31. The van der Waals surface area contributed by atoms with Crippen molar-refractivity contribution in [3.05, 3.63) is 36.0 Å². The zero-order chi connectivity index (χ0) is 9.26. The molecule has 2 aromatic rings. The minimum Gasteiger partial charge on any atom is -0.244 e. The van der Waals surface area contributed by atoms with Crippen LogP contribution in [-0.4, -0.2) is 9.97 Å². The highest BCUT2D eigenvalue weighted by Crippen LogP contribution is 2.15. The minimum absolute atomic E-state index is 0.00574. The fourth-order valence-electron chi connectivity index (χ4n) is 1.09. The molecule has 0 saturated heterocycles. The van der Waals surface area contributed by atoms with Gasteiger partial charge in [-0.25, -0.2) is 14.4 Å². The minimum atomic E-state index is -0.537. The van der Waals surface area contributed by atoms with Crippen molar-refractivity contribution in [2.75, 3.05) is 0 Å². The number of rotatable bonds is 0. The number of aromatic nitrogens is 2. The highest BCUT2D eigenvalue weighted by Gasteiger charge is 2.03. The van der Waals surface area contributed by atoms with Crippen molar-refractivity contribution in [3.63, 3.8) is 0 Å². The summed E-state index contributed by atoms with van der Waals surface area (Å²) in [7, 11) is 0. The van der Waals surface area contributed by atoms with E-state index in [1.165, 1.54) is 24.7 Å². The Morgan fingerprint density at radius 1 is 1.38 bits per heavy atom. The maximum atomic E-state index is 13.0. The lowest BCUT2D eigenvalue weighted by molar-refractivity contribution is 0.625. The Bertz CT molecular complexity index is 502. The molecule has 0 unspecified atom stereocenters. The van der Waals surface area contributed by atoms with Crippen molar-refractivity contribution >= 4 is 10.9 Å². The fraction of sp³-hybridized carbons (Fsp3) is 0. The average molecular weight is 173 g/mol. The van der Waals surface area contributed by atoms with Gasteiger partial charge in [-0.2, -0.15) is 5.26 Å². The topological polar surface area (TPSA) is 49.6 Å². The summed E-state index contributed by atoms with van der Waals surface area (Å²) in [6.07, 6.45) is 2.87. The summed E-state index contributed by atoms with van der Waals surface area (Å²) >= 11 is 0. The summed E-state index contributed by atoms with van der Waals surface area (Å²) < 4.78 is 13.0. The standard InChI is InChI=1S/C9H4FN3/c10-8-1-7-4-12-5-13-9(7)2-6(8)3-11/h1-2,4-5H. The number of nitriles is 1. The Morgan fingerprint density at radius 3 is 3.00 bits per heavy atom. The number of nitrogens with zero attached hydrogens (tertiary/aromatic N) is 3. The van der Waals surface area contributed by atoms with E-state index in [-0.39, 0.29) is 5.56 Å². The molecule has 13 heavy (non-hydrogen) atoms. The molecule has 2 rings (SSSR count). The number of fused-ring (bicyclic) bond motifs is 1. The molecule has 0 aliphatic rings. The van der Waals surface area contributed by atoms with Crippen molar-refractivity contribution in [1.29, 1.82) is 5.26 Å². The van der Waals surface area contributed by atoms with E-state index >= 15 is 0 Å². The zero-order valence-electron chi connectivity index (χ0n) is 6.53. The lowest BCUT2D eigenvalue weighted by Crippen LogP contribution is -1.87. The monoisotopic (exact) mass is 173 g/mol. The molecule has 0 saturated carbocycles. The van der Waals surface area contributed by atoms with E-state index in [9.17, 15) is 4.39 Å². The van der Waals surface area contributed by atoms with Gasteiger partial charge in [0, 0.05) is 11.6 Å². The third-order valence-corrected chi connectivity index (χ3v) is 1.71. The van der Waals surface area contributed by atoms with Gasteiger partial charge in [0.2, 0.25) is 0 Å². The van der Waals surface area contributed by atoms with Crippen molar-refractivity contribution < 1.29 is 4.39 Å². The Morgan fingerprint density at radius 2 is 2.23 bits per heavy atom. The quantitative estimate of drug-likeness (QED) is 0.608. The van der Waals surface area contributed by atoms with E-state index in [1.54, 1.807) is 6.07 Å². The number of hydrogen-bond donors (Lipinski definition) is 0. The number of hydrogen-bond acceptors (Lipinski definition) is 3. The molecule has 0 aliphatic heterocycles. The molecule has 1 aromatic heterocycles. The van der Waals surface area contributed by atoms with Crippen molar-refractivity contribution in [1.82, 2.24) is 9.97 Å². The molecule has 0 aliphatic carbocycles. The predicted molar refractivity (Wildman–Crippen MR) is 44.2 cm³/mol. The molecular formula is C9H4FN3. The third-order valence-electron chi connectivity index (χ3n) is 1.71. The summed E-state index contributed by atoms with van der Waals surface area (Å²) in [6.45, 7) is 0. The van der Waals surface area contributed by atoms with Crippen LogP contribution >= 0.6 is 0 Å². The lowest BCUT2D eigenvalue weighted by Gasteiger charge is -1.96. The van der Waals surface area contributed by atoms with Crippen LogP contribution in [0.1, 0.15) is 5.56 Å². The average Bonchev–Trinajstić information content (AvgIpc) is 2.17. The first-order valence-electron chi connectivity index (χ1n) is 3.60.